The summed E-state index contributed by atoms with van der Waals surface area (Å²) in [5, 5.41) is 30.8. The van der Waals surface area contributed by atoms with Gasteiger partial charge in [-0.05, 0) is 25.8 Å². The van der Waals surface area contributed by atoms with E-state index in [1.54, 1.807) is 18.1 Å². The lowest BCUT2D eigenvalue weighted by Crippen LogP contribution is -2.38. The normalized spacial score (nSPS) is 17.3. The molecule has 1 amide bonds. The fraction of sp³-hybridized carbons (Fsp3) is 0.292. The number of aromatic nitrogens is 4. The summed E-state index contributed by atoms with van der Waals surface area (Å²) in [7, 11) is 1.56. The number of ketones is 1. The van der Waals surface area contributed by atoms with Gasteiger partial charge in [0.2, 0.25) is 16.2 Å². The first kappa shape index (κ1) is 25.8. The molecule has 1 aliphatic carbocycles. The Kier molecular flexibility index (Phi) is 7.41. The number of ether oxygens (including phenoxy) is 1. The second-order valence-corrected chi connectivity index (χ2v) is 11.7. The van der Waals surface area contributed by atoms with Crippen LogP contribution in [-0.4, -0.2) is 44.9 Å². The molecule has 194 valence electrons. The molecule has 1 aromatic carbocycles. The first-order valence-electron chi connectivity index (χ1n) is 11.6. The molecule has 3 heterocycles. The van der Waals surface area contributed by atoms with Crippen molar-refractivity contribution in [2.45, 2.75) is 36.4 Å². The zero-order valence-electron chi connectivity index (χ0n) is 20.4. The van der Waals surface area contributed by atoms with Crippen molar-refractivity contribution in [2.75, 3.05) is 23.1 Å². The molecule has 2 aromatic heterocycles. The number of nitrogens with two attached hydrogens (primary N) is 1. The van der Waals surface area contributed by atoms with Crippen LogP contribution in [0.1, 0.15) is 35.8 Å². The van der Waals surface area contributed by atoms with Crippen molar-refractivity contribution >= 4 is 56.4 Å². The standard InChI is InChI=1S/C24H22N8O3S3/c1-12-28-29-22(37-12)27-18(34)11-36-24-31-30-23(38-24)32-15-7-5-8-16(33)20(15)19(14(10-25)21(32)26)13-6-3-4-9-17(13)35-2/h3-4,6,9,19H,5,7-8,11,26H2,1-2H3,(H,27,29,34). The molecule has 11 nitrogen and oxygen atoms in total. The van der Waals surface area contributed by atoms with Gasteiger partial charge in [0.05, 0.1) is 30.4 Å². The molecule has 14 heteroatoms. The Labute approximate surface area is 230 Å². The summed E-state index contributed by atoms with van der Waals surface area (Å²) in [4.78, 5) is 27.3. The highest BCUT2D eigenvalue weighted by atomic mass is 32.2. The van der Waals surface area contributed by atoms with Crippen LogP contribution in [0.5, 0.6) is 5.75 Å². The Bertz CT molecular complexity index is 1520. The lowest BCUT2D eigenvalue weighted by molar-refractivity contribution is -0.116. The highest BCUT2D eigenvalue weighted by molar-refractivity contribution is 8.01. The third-order valence-corrected chi connectivity index (χ3v) is 8.85. The highest BCUT2D eigenvalue weighted by Gasteiger charge is 2.42. The molecule has 0 saturated carbocycles. The number of allylic oxidation sites excluding steroid dienone is 3. The van der Waals surface area contributed by atoms with Gasteiger partial charge in [0.25, 0.3) is 0 Å². The number of anilines is 2. The summed E-state index contributed by atoms with van der Waals surface area (Å²) in [5.74, 6) is -0.0267. The lowest BCUT2D eigenvalue weighted by atomic mass is 9.75. The zero-order chi connectivity index (χ0) is 26.8. The van der Waals surface area contributed by atoms with Gasteiger partial charge in [-0.3, -0.25) is 19.8 Å². The van der Waals surface area contributed by atoms with Crippen molar-refractivity contribution in [3.63, 3.8) is 0 Å². The van der Waals surface area contributed by atoms with Crippen molar-refractivity contribution in [1.82, 2.24) is 20.4 Å². The first-order chi connectivity index (χ1) is 18.4. The average molecular weight is 567 g/mol. The number of rotatable bonds is 7. The molecule has 38 heavy (non-hydrogen) atoms. The average Bonchev–Trinajstić information content (AvgIpc) is 3.55. The fourth-order valence-corrected chi connectivity index (χ4v) is 6.79. The Morgan fingerprint density at radius 2 is 2.08 bits per heavy atom. The number of aryl methyl sites for hydroxylation is 1. The van der Waals surface area contributed by atoms with Crippen molar-refractivity contribution < 1.29 is 14.3 Å². The van der Waals surface area contributed by atoms with E-state index in [-0.39, 0.29) is 28.8 Å². The minimum absolute atomic E-state index is 0.0323. The second-order valence-electron chi connectivity index (χ2n) is 8.37. The Balaban J connectivity index is 1.46. The van der Waals surface area contributed by atoms with Crippen LogP contribution in [0.2, 0.25) is 0 Å². The number of amides is 1. The van der Waals surface area contributed by atoms with E-state index < -0.39 is 5.92 Å². The monoisotopic (exact) mass is 566 g/mol. The van der Waals surface area contributed by atoms with Gasteiger partial charge in [-0.15, -0.1) is 20.4 Å². The molecular formula is C24H22N8O3S3. The highest BCUT2D eigenvalue weighted by Crippen LogP contribution is 2.48. The van der Waals surface area contributed by atoms with Crippen LogP contribution in [0, 0.1) is 18.3 Å². The van der Waals surface area contributed by atoms with Crippen molar-refractivity contribution in [3.8, 4) is 11.8 Å². The predicted octanol–water partition coefficient (Wildman–Crippen LogP) is 3.74. The molecule has 0 spiro atoms. The maximum Gasteiger partial charge on any atom is 0.236 e. The van der Waals surface area contributed by atoms with Gasteiger partial charge < -0.3 is 10.5 Å². The number of methoxy groups -OCH3 is 1. The lowest BCUT2D eigenvalue weighted by Gasteiger charge is -2.38. The number of para-hydroxylation sites is 1. The van der Waals surface area contributed by atoms with E-state index in [0.29, 0.717) is 56.4 Å². The van der Waals surface area contributed by atoms with Crippen LogP contribution in [0.3, 0.4) is 0 Å². The molecule has 5 rings (SSSR count). The van der Waals surface area contributed by atoms with Crippen LogP contribution in [0.15, 0.2) is 51.3 Å². The van der Waals surface area contributed by atoms with E-state index >= 15 is 0 Å². The van der Waals surface area contributed by atoms with E-state index in [1.165, 1.54) is 34.4 Å². The smallest absolute Gasteiger partial charge is 0.236 e. The van der Waals surface area contributed by atoms with Gasteiger partial charge in [-0.25, -0.2) is 0 Å². The second kappa shape index (κ2) is 10.9. The van der Waals surface area contributed by atoms with Gasteiger partial charge in [0, 0.05) is 23.3 Å². The number of thioether (sulfide) groups is 1. The molecule has 1 aliphatic heterocycles. The van der Waals surface area contributed by atoms with Gasteiger partial charge >= 0.3 is 0 Å². The van der Waals surface area contributed by atoms with Crippen LogP contribution >= 0.6 is 34.4 Å². The molecule has 0 fully saturated rings. The van der Waals surface area contributed by atoms with Crippen LogP contribution in [-0.2, 0) is 9.59 Å². The maximum atomic E-state index is 13.3. The summed E-state index contributed by atoms with van der Waals surface area (Å²) in [6.07, 6.45) is 1.64. The van der Waals surface area contributed by atoms with Crippen molar-refractivity contribution in [2.24, 2.45) is 5.73 Å². The number of nitrogens with zero attached hydrogens (tertiary/aromatic N) is 6. The Morgan fingerprint density at radius 1 is 1.26 bits per heavy atom. The van der Waals surface area contributed by atoms with E-state index in [9.17, 15) is 14.9 Å². The van der Waals surface area contributed by atoms with Crippen LogP contribution in [0.25, 0.3) is 0 Å². The number of benzene rings is 1. The van der Waals surface area contributed by atoms with Gasteiger partial charge in [0.1, 0.15) is 16.6 Å². The largest absolute Gasteiger partial charge is 0.496 e. The number of Topliss-reactive ketones (excluding diaryl/α,β-unsaturated/α-hetero) is 1. The maximum absolute atomic E-state index is 13.3. The number of hydrogen-bond acceptors (Lipinski definition) is 13. The predicted molar refractivity (Wildman–Crippen MR) is 145 cm³/mol. The van der Waals surface area contributed by atoms with E-state index in [0.717, 1.165) is 5.01 Å². The van der Waals surface area contributed by atoms with Crippen LogP contribution in [0.4, 0.5) is 10.3 Å². The minimum atomic E-state index is -0.635. The summed E-state index contributed by atoms with van der Waals surface area (Å²) in [6.45, 7) is 1.81. The summed E-state index contributed by atoms with van der Waals surface area (Å²) >= 11 is 3.75. The molecule has 1 atom stereocenters. The number of nitriles is 1. The Hall–Kier alpha value is -3.80. The molecule has 0 saturated heterocycles. The number of nitrogens with one attached hydrogen (secondary N) is 1. The van der Waals surface area contributed by atoms with Crippen molar-refractivity contribution in [1.29, 1.82) is 5.26 Å². The topological polar surface area (TPSA) is 160 Å². The van der Waals surface area contributed by atoms with E-state index in [1.807, 2.05) is 25.1 Å². The summed E-state index contributed by atoms with van der Waals surface area (Å²) in [6, 6.07) is 9.58. The molecule has 2 aliphatic rings. The zero-order valence-corrected chi connectivity index (χ0v) is 22.9. The summed E-state index contributed by atoms with van der Waals surface area (Å²) in [5.41, 5.74) is 8.81. The number of carbonyl (C=O) groups is 2. The summed E-state index contributed by atoms with van der Waals surface area (Å²) < 4.78 is 6.11. The third kappa shape index (κ3) is 4.87. The van der Waals surface area contributed by atoms with E-state index in [2.05, 4.69) is 31.8 Å². The van der Waals surface area contributed by atoms with Crippen molar-refractivity contribution in [3.05, 3.63) is 57.5 Å². The molecule has 3 aromatic rings. The van der Waals surface area contributed by atoms with Gasteiger partial charge in [-0.2, -0.15) is 5.26 Å². The quantitative estimate of drug-likeness (QED) is 0.401. The third-order valence-electron chi connectivity index (χ3n) is 6.05. The van der Waals surface area contributed by atoms with E-state index in [4.69, 9.17) is 10.5 Å². The SMILES string of the molecule is COc1ccccc1C1C(C#N)=C(N)N(c2nnc(SCC(=O)Nc3nnc(C)s3)s2)C2=C1C(=O)CCC2. The molecule has 1 unspecified atom stereocenters. The molecular weight excluding hydrogens is 545 g/mol. The molecule has 0 bridgehead atoms. The fourth-order valence-electron chi connectivity index (χ4n) is 4.50. The number of hydrogen-bond donors (Lipinski definition) is 2. The van der Waals surface area contributed by atoms with Gasteiger partial charge in [-0.1, -0.05) is 52.6 Å². The Morgan fingerprint density at radius 3 is 2.82 bits per heavy atom. The number of carbonyl (C=O) groups excluding carboxylic acids is 2. The first-order valence-corrected chi connectivity index (χ1v) is 14.2. The minimum Gasteiger partial charge on any atom is -0.496 e. The molecule has 3 N–H and O–H groups in total. The van der Waals surface area contributed by atoms with Gasteiger partial charge in [0.15, 0.2) is 10.1 Å². The van der Waals surface area contributed by atoms with Crippen LogP contribution < -0.4 is 20.7 Å². The molecule has 0 radical (unpaired) electrons.